The number of nitrogens with one attached hydrogen (secondary N) is 1. The molecule has 2 aromatic carbocycles. The van der Waals surface area contributed by atoms with Gasteiger partial charge in [0.2, 0.25) is 0 Å². The fourth-order valence-corrected chi connectivity index (χ4v) is 2.84. The van der Waals surface area contributed by atoms with Crippen molar-refractivity contribution in [3.8, 4) is 0 Å². The van der Waals surface area contributed by atoms with Gasteiger partial charge in [0.25, 0.3) is 0 Å². The lowest BCUT2D eigenvalue weighted by molar-refractivity contribution is 0.0989. The summed E-state index contributed by atoms with van der Waals surface area (Å²) in [5, 5.41) is 0.808. The Labute approximate surface area is 125 Å². The number of hydrogen-bond acceptors (Lipinski definition) is 3. The van der Waals surface area contributed by atoms with Gasteiger partial charge in [-0.2, -0.15) is 0 Å². The van der Waals surface area contributed by atoms with Gasteiger partial charge in [0.15, 0.2) is 10.9 Å². The van der Waals surface area contributed by atoms with E-state index < -0.39 is 0 Å². The van der Waals surface area contributed by atoms with Crippen molar-refractivity contribution in [3.63, 3.8) is 0 Å². The molecule has 3 nitrogen and oxygen atoms in total. The third kappa shape index (κ3) is 3.31. The van der Waals surface area contributed by atoms with Crippen molar-refractivity contribution in [2.75, 3.05) is 5.75 Å². The number of aromatic amines is 1. The van der Waals surface area contributed by atoms with E-state index in [0.29, 0.717) is 17.7 Å². The number of imidazole rings is 1. The molecule has 3 rings (SSSR count). The van der Waals surface area contributed by atoms with Crippen molar-refractivity contribution in [1.29, 1.82) is 0 Å². The standard InChI is InChI=1S/C16H13FN2OS/c17-12-7-5-11(6-8-12)15(20)9-10-21-16-18-13-3-1-2-4-14(13)19-16/h1-8H,9-10H2,(H,18,19). The lowest BCUT2D eigenvalue weighted by Crippen LogP contribution is -2.00. The van der Waals surface area contributed by atoms with Gasteiger partial charge in [0, 0.05) is 17.7 Å². The van der Waals surface area contributed by atoms with Crippen LogP contribution in [0.3, 0.4) is 0 Å². The number of rotatable bonds is 5. The van der Waals surface area contributed by atoms with Crippen LogP contribution in [-0.2, 0) is 0 Å². The predicted octanol–water partition coefficient (Wildman–Crippen LogP) is 4.07. The Bertz CT molecular complexity index is 734. The van der Waals surface area contributed by atoms with Crippen LogP contribution in [0.1, 0.15) is 16.8 Å². The summed E-state index contributed by atoms with van der Waals surface area (Å²) in [5.74, 6) is 0.317. The number of Topliss-reactive ketones (excluding diaryl/α,β-unsaturated/α-hetero) is 1. The molecule has 5 heteroatoms. The highest BCUT2D eigenvalue weighted by Crippen LogP contribution is 2.20. The Morgan fingerprint density at radius 1 is 1.14 bits per heavy atom. The second-order valence-electron chi connectivity index (χ2n) is 4.59. The minimum Gasteiger partial charge on any atom is -0.333 e. The largest absolute Gasteiger partial charge is 0.333 e. The first-order valence-electron chi connectivity index (χ1n) is 6.59. The van der Waals surface area contributed by atoms with Crippen molar-refractivity contribution in [2.24, 2.45) is 0 Å². The quantitative estimate of drug-likeness (QED) is 0.571. The maximum absolute atomic E-state index is 12.8. The number of fused-ring (bicyclic) bond motifs is 1. The Morgan fingerprint density at radius 2 is 1.90 bits per heavy atom. The van der Waals surface area contributed by atoms with Crippen molar-refractivity contribution in [1.82, 2.24) is 9.97 Å². The summed E-state index contributed by atoms with van der Waals surface area (Å²) in [7, 11) is 0. The third-order valence-electron chi connectivity index (χ3n) is 3.10. The molecule has 0 unspecified atom stereocenters. The number of halogens is 1. The summed E-state index contributed by atoms with van der Waals surface area (Å²) in [5.41, 5.74) is 2.45. The van der Waals surface area contributed by atoms with Gasteiger partial charge in [-0.1, -0.05) is 23.9 Å². The molecule has 21 heavy (non-hydrogen) atoms. The molecule has 1 aromatic heterocycles. The molecule has 0 spiro atoms. The van der Waals surface area contributed by atoms with E-state index in [9.17, 15) is 9.18 Å². The number of aromatic nitrogens is 2. The molecule has 0 amide bonds. The van der Waals surface area contributed by atoms with Crippen LogP contribution < -0.4 is 0 Å². The van der Waals surface area contributed by atoms with Gasteiger partial charge in [-0.05, 0) is 36.4 Å². The van der Waals surface area contributed by atoms with E-state index in [1.165, 1.54) is 36.0 Å². The molecule has 0 radical (unpaired) electrons. The highest BCUT2D eigenvalue weighted by atomic mass is 32.2. The lowest BCUT2D eigenvalue weighted by Gasteiger charge is -2.00. The summed E-state index contributed by atoms with van der Waals surface area (Å²) in [6, 6.07) is 13.4. The van der Waals surface area contributed by atoms with E-state index >= 15 is 0 Å². The van der Waals surface area contributed by atoms with E-state index in [1.807, 2.05) is 24.3 Å². The zero-order valence-corrected chi connectivity index (χ0v) is 12.0. The van der Waals surface area contributed by atoms with E-state index in [2.05, 4.69) is 9.97 Å². The molecule has 0 aliphatic heterocycles. The van der Waals surface area contributed by atoms with Gasteiger partial charge in [0.1, 0.15) is 5.82 Å². The van der Waals surface area contributed by atoms with Gasteiger partial charge >= 0.3 is 0 Å². The van der Waals surface area contributed by atoms with Crippen LogP contribution >= 0.6 is 11.8 Å². The second kappa shape index (κ2) is 6.10. The molecule has 0 bridgehead atoms. The van der Waals surface area contributed by atoms with E-state index in [4.69, 9.17) is 0 Å². The maximum atomic E-state index is 12.8. The molecular weight excluding hydrogens is 287 g/mol. The minimum absolute atomic E-state index is 0.0126. The summed E-state index contributed by atoms with van der Waals surface area (Å²) >= 11 is 1.51. The normalized spacial score (nSPS) is 10.9. The molecule has 1 heterocycles. The first kappa shape index (κ1) is 13.8. The van der Waals surface area contributed by atoms with Crippen molar-refractivity contribution in [2.45, 2.75) is 11.6 Å². The van der Waals surface area contributed by atoms with Crippen LogP contribution in [0.5, 0.6) is 0 Å². The van der Waals surface area contributed by atoms with Gasteiger partial charge in [-0.25, -0.2) is 9.37 Å². The summed E-state index contributed by atoms with van der Waals surface area (Å²) in [6.07, 6.45) is 0.396. The van der Waals surface area contributed by atoms with Gasteiger partial charge in [-0.3, -0.25) is 4.79 Å². The maximum Gasteiger partial charge on any atom is 0.166 e. The van der Waals surface area contributed by atoms with Crippen LogP contribution in [0.15, 0.2) is 53.7 Å². The monoisotopic (exact) mass is 300 g/mol. The molecule has 3 aromatic rings. The van der Waals surface area contributed by atoms with Crippen LogP contribution in [0.2, 0.25) is 0 Å². The van der Waals surface area contributed by atoms with Crippen LogP contribution in [0, 0.1) is 5.82 Å². The molecule has 0 atom stereocenters. The fourth-order valence-electron chi connectivity index (χ4n) is 2.02. The van der Waals surface area contributed by atoms with Crippen molar-refractivity contribution in [3.05, 3.63) is 59.9 Å². The number of benzene rings is 2. The average Bonchev–Trinajstić information content (AvgIpc) is 2.90. The van der Waals surface area contributed by atoms with Gasteiger partial charge in [0.05, 0.1) is 11.0 Å². The van der Waals surface area contributed by atoms with E-state index in [0.717, 1.165) is 16.2 Å². The molecule has 0 fully saturated rings. The number of ketones is 1. The minimum atomic E-state index is -0.330. The number of carbonyl (C=O) groups excluding carboxylic acids is 1. The number of hydrogen-bond donors (Lipinski definition) is 1. The summed E-state index contributed by atoms with van der Waals surface area (Å²) < 4.78 is 12.8. The predicted molar refractivity (Wildman–Crippen MR) is 82.2 cm³/mol. The number of para-hydroxylation sites is 2. The molecule has 1 N–H and O–H groups in total. The number of H-pyrrole nitrogens is 1. The lowest BCUT2D eigenvalue weighted by atomic mass is 10.1. The van der Waals surface area contributed by atoms with E-state index in [-0.39, 0.29) is 11.6 Å². The Kier molecular flexibility index (Phi) is 4.01. The molecule has 106 valence electrons. The van der Waals surface area contributed by atoms with Crippen LogP contribution in [-0.4, -0.2) is 21.5 Å². The molecule has 0 aliphatic rings. The van der Waals surface area contributed by atoms with E-state index in [1.54, 1.807) is 0 Å². The van der Waals surface area contributed by atoms with Crippen molar-refractivity contribution >= 4 is 28.6 Å². The first-order chi connectivity index (χ1) is 10.2. The highest BCUT2D eigenvalue weighted by molar-refractivity contribution is 7.99. The highest BCUT2D eigenvalue weighted by Gasteiger charge is 2.08. The molecule has 0 saturated heterocycles. The van der Waals surface area contributed by atoms with Gasteiger partial charge in [-0.15, -0.1) is 0 Å². The Balaban J connectivity index is 1.58. The van der Waals surface area contributed by atoms with Gasteiger partial charge < -0.3 is 4.98 Å². The fraction of sp³-hybridized carbons (Fsp3) is 0.125. The van der Waals surface area contributed by atoms with Crippen molar-refractivity contribution < 1.29 is 9.18 Å². The van der Waals surface area contributed by atoms with Crippen LogP contribution in [0.25, 0.3) is 11.0 Å². The summed E-state index contributed by atoms with van der Waals surface area (Å²) in [4.78, 5) is 19.6. The smallest absolute Gasteiger partial charge is 0.166 e. The topological polar surface area (TPSA) is 45.8 Å². The SMILES string of the molecule is O=C(CCSc1nc2ccccc2[nH]1)c1ccc(F)cc1. The Hall–Kier alpha value is -2.14. The zero-order chi connectivity index (χ0) is 14.7. The first-order valence-corrected chi connectivity index (χ1v) is 7.57. The molecular formula is C16H13FN2OS. The second-order valence-corrected chi connectivity index (χ2v) is 5.67. The average molecular weight is 300 g/mol. The van der Waals surface area contributed by atoms with Crippen LogP contribution in [0.4, 0.5) is 4.39 Å². The zero-order valence-electron chi connectivity index (χ0n) is 11.2. The third-order valence-corrected chi connectivity index (χ3v) is 3.98. The summed E-state index contributed by atoms with van der Waals surface area (Å²) in [6.45, 7) is 0. The number of carbonyl (C=O) groups is 1. The number of thioether (sulfide) groups is 1. The Morgan fingerprint density at radius 3 is 2.67 bits per heavy atom. The molecule has 0 saturated carbocycles. The molecule has 0 aliphatic carbocycles. The number of nitrogens with zero attached hydrogens (tertiary/aromatic N) is 1.